The molecule has 0 heterocycles. The molecule has 0 amide bonds. The second-order valence-corrected chi connectivity index (χ2v) is 10.3. The molecule has 42 heavy (non-hydrogen) atoms. The fraction of sp³-hybridized carbons (Fsp3) is 0.316. The summed E-state index contributed by atoms with van der Waals surface area (Å²) in [6.45, 7) is 14.1. The third-order valence-electron chi connectivity index (χ3n) is 6.93. The van der Waals surface area contributed by atoms with Gasteiger partial charge in [0.25, 0.3) is 0 Å². The summed E-state index contributed by atoms with van der Waals surface area (Å²) in [4.78, 5) is 2.25. The van der Waals surface area contributed by atoms with Gasteiger partial charge in [0.15, 0.2) is 0 Å². The van der Waals surface area contributed by atoms with Crippen LogP contribution in [0.2, 0.25) is 0 Å². The van der Waals surface area contributed by atoms with Crippen molar-refractivity contribution in [1.29, 1.82) is 0 Å². The van der Waals surface area contributed by atoms with E-state index >= 15 is 0 Å². The van der Waals surface area contributed by atoms with Crippen molar-refractivity contribution in [2.45, 2.75) is 65.3 Å². The number of benzene rings is 2. The van der Waals surface area contributed by atoms with Crippen LogP contribution in [0.5, 0.6) is 5.75 Å². The molecule has 2 aromatic rings. The van der Waals surface area contributed by atoms with Gasteiger partial charge in [0.1, 0.15) is 11.5 Å². The van der Waals surface area contributed by atoms with Crippen LogP contribution in [0.15, 0.2) is 134 Å². The number of para-hydroxylation sites is 1. The average molecular weight is 565 g/mol. The van der Waals surface area contributed by atoms with Crippen LogP contribution < -0.4 is 15.0 Å². The lowest BCUT2D eigenvalue weighted by molar-refractivity contribution is 0.218. The van der Waals surface area contributed by atoms with Gasteiger partial charge in [-0.25, -0.2) is 0 Å². The first kappa shape index (κ1) is 32.3. The minimum Gasteiger partial charge on any atom is -0.494 e. The Morgan fingerprint density at radius 3 is 2.50 bits per heavy atom. The Hall–Kier alpha value is -4.18. The number of ether oxygens (including phenoxy) is 2. The predicted octanol–water partition coefficient (Wildman–Crippen LogP) is 10.2. The number of rotatable bonds is 17. The van der Waals surface area contributed by atoms with E-state index in [2.05, 4.69) is 130 Å². The Kier molecular flexibility index (Phi) is 14.1. The highest BCUT2D eigenvalue weighted by molar-refractivity contribution is 5.62. The Morgan fingerprint density at radius 1 is 1.02 bits per heavy atom. The van der Waals surface area contributed by atoms with Gasteiger partial charge in [0.2, 0.25) is 0 Å². The summed E-state index contributed by atoms with van der Waals surface area (Å²) in [6, 6.07) is 16.9. The van der Waals surface area contributed by atoms with Crippen LogP contribution in [0.25, 0.3) is 0 Å². The van der Waals surface area contributed by atoms with Crippen molar-refractivity contribution in [3.63, 3.8) is 0 Å². The number of unbranched alkanes of at least 4 members (excludes halogenated alkanes) is 2. The van der Waals surface area contributed by atoms with Gasteiger partial charge in [-0.2, -0.15) is 0 Å². The molecule has 4 nitrogen and oxygen atoms in total. The zero-order valence-electron chi connectivity index (χ0n) is 25.8. The lowest BCUT2D eigenvalue weighted by atomic mass is 9.95. The fourth-order valence-electron chi connectivity index (χ4n) is 4.58. The van der Waals surface area contributed by atoms with E-state index in [1.165, 1.54) is 0 Å². The highest BCUT2D eigenvalue weighted by Crippen LogP contribution is 2.34. The van der Waals surface area contributed by atoms with Gasteiger partial charge in [-0.3, -0.25) is 0 Å². The number of hydrogen-bond donors (Lipinski definition) is 1. The van der Waals surface area contributed by atoms with E-state index in [0.29, 0.717) is 13.2 Å². The van der Waals surface area contributed by atoms with Gasteiger partial charge in [-0.05, 0) is 93.0 Å². The van der Waals surface area contributed by atoms with Crippen LogP contribution in [0.1, 0.15) is 64.9 Å². The van der Waals surface area contributed by atoms with E-state index in [-0.39, 0.29) is 12.0 Å². The maximum atomic E-state index is 6.10. The molecule has 0 saturated carbocycles. The summed E-state index contributed by atoms with van der Waals surface area (Å²) in [5.41, 5.74) is 4.16. The van der Waals surface area contributed by atoms with E-state index in [4.69, 9.17) is 9.47 Å². The molecular weight excluding hydrogens is 516 g/mol. The van der Waals surface area contributed by atoms with E-state index in [1.54, 1.807) is 0 Å². The summed E-state index contributed by atoms with van der Waals surface area (Å²) >= 11 is 0. The maximum absolute atomic E-state index is 6.10. The Morgan fingerprint density at radius 2 is 1.79 bits per heavy atom. The Bertz CT molecular complexity index is 1280. The molecule has 0 bridgehead atoms. The van der Waals surface area contributed by atoms with Crippen LogP contribution in [0.3, 0.4) is 0 Å². The first-order valence-corrected chi connectivity index (χ1v) is 15.3. The normalized spacial score (nSPS) is 15.9. The predicted molar refractivity (Wildman–Crippen MR) is 181 cm³/mol. The average Bonchev–Trinajstić information content (AvgIpc) is 3.25. The zero-order chi connectivity index (χ0) is 30.0. The number of nitrogens with zero attached hydrogens (tertiary/aromatic N) is 1. The van der Waals surface area contributed by atoms with Crippen molar-refractivity contribution in [2.75, 3.05) is 23.4 Å². The molecule has 0 spiro atoms. The minimum absolute atomic E-state index is 0.0192. The smallest absolute Gasteiger partial charge is 0.119 e. The first-order chi connectivity index (χ1) is 20.6. The fourth-order valence-corrected chi connectivity index (χ4v) is 4.58. The summed E-state index contributed by atoms with van der Waals surface area (Å²) < 4.78 is 12.2. The van der Waals surface area contributed by atoms with Crippen LogP contribution in [0, 0.1) is 0 Å². The van der Waals surface area contributed by atoms with E-state index in [9.17, 15) is 0 Å². The van der Waals surface area contributed by atoms with Crippen molar-refractivity contribution in [3.05, 3.63) is 139 Å². The van der Waals surface area contributed by atoms with E-state index in [1.807, 2.05) is 30.4 Å². The highest BCUT2D eigenvalue weighted by Gasteiger charge is 2.16. The van der Waals surface area contributed by atoms with Crippen LogP contribution in [-0.4, -0.2) is 19.3 Å². The van der Waals surface area contributed by atoms with E-state index < -0.39 is 0 Å². The molecule has 3 rings (SSSR count). The number of nitrogens with one attached hydrogen (secondary N) is 1. The Balaban J connectivity index is 1.91. The molecule has 2 unspecified atom stereocenters. The standard InChI is InChI=1S/C38H48N2O2/c1-6-10-27-41-35-23-16-15-19-32(29-35)37-30-36(42-28-11-7-2)24-25-38(37)39-33(9-4)20-17-26-40(31(5)18-8-3)34-21-13-12-14-22-34/h8-9,12-26,29-32,39H,4,6-7,10-11,27-28H2,1-3,5H3/b18-8-,26-17+,33-20+. The highest BCUT2D eigenvalue weighted by atomic mass is 16.5. The van der Waals surface area contributed by atoms with Crippen molar-refractivity contribution < 1.29 is 9.47 Å². The Labute approximate surface area is 254 Å². The van der Waals surface area contributed by atoms with Gasteiger partial charge in [-0.1, -0.05) is 81.8 Å². The second-order valence-electron chi connectivity index (χ2n) is 10.3. The van der Waals surface area contributed by atoms with Gasteiger partial charge >= 0.3 is 0 Å². The maximum Gasteiger partial charge on any atom is 0.119 e. The van der Waals surface area contributed by atoms with Crippen molar-refractivity contribution in [2.24, 2.45) is 0 Å². The van der Waals surface area contributed by atoms with Gasteiger partial charge in [0.05, 0.1) is 13.2 Å². The summed E-state index contributed by atoms with van der Waals surface area (Å²) in [5.74, 6) is 1.78. The zero-order valence-corrected chi connectivity index (χ0v) is 25.8. The lowest BCUT2D eigenvalue weighted by Crippen LogP contribution is -2.25. The molecule has 0 aromatic heterocycles. The van der Waals surface area contributed by atoms with Crippen molar-refractivity contribution >= 4 is 11.4 Å². The molecule has 0 saturated heterocycles. The molecule has 0 fully saturated rings. The molecular formula is C38H48N2O2. The molecule has 4 heteroatoms. The SMILES string of the molecule is C=C/C(=C\C=C\N(c1ccccc1)C(C)/C=C\C)Nc1ccc(OCCCC)cc1C1C=CC=CC(OCCCC)=C1. The molecule has 0 aliphatic heterocycles. The minimum atomic E-state index is 0.0192. The van der Waals surface area contributed by atoms with Crippen LogP contribution in [-0.2, 0) is 4.74 Å². The third-order valence-corrected chi connectivity index (χ3v) is 6.93. The quantitative estimate of drug-likeness (QED) is 0.118. The van der Waals surface area contributed by atoms with Crippen molar-refractivity contribution in [3.8, 4) is 5.75 Å². The molecule has 0 radical (unpaired) electrons. The lowest BCUT2D eigenvalue weighted by Gasteiger charge is -2.25. The summed E-state index contributed by atoms with van der Waals surface area (Å²) in [5, 5.41) is 3.62. The van der Waals surface area contributed by atoms with Gasteiger partial charge in [0, 0.05) is 35.2 Å². The molecule has 2 atom stereocenters. The third kappa shape index (κ3) is 10.3. The monoisotopic (exact) mass is 564 g/mol. The molecule has 2 aromatic carbocycles. The summed E-state index contributed by atoms with van der Waals surface area (Å²) in [6.07, 6.45) is 27.2. The molecule has 222 valence electrons. The van der Waals surface area contributed by atoms with E-state index in [0.717, 1.165) is 59.8 Å². The van der Waals surface area contributed by atoms with Gasteiger partial charge in [-0.15, -0.1) is 0 Å². The topological polar surface area (TPSA) is 33.7 Å². The number of allylic oxidation sites excluding steroid dienone is 9. The second kappa shape index (κ2) is 18.3. The van der Waals surface area contributed by atoms with Crippen molar-refractivity contribution in [1.82, 2.24) is 0 Å². The molecule has 1 aliphatic carbocycles. The van der Waals surface area contributed by atoms with Crippen LogP contribution in [0.4, 0.5) is 11.4 Å². The number of hydrogen-bond acceptors (Lipinski definition) is 4. The largest absolute Gasteiger partial charge is 0.494 e. The summed E-state index contributed by atoms with van der Waals surface area (Å²) in [7, 11) is 0. The first-order valence-electron chi connectivity index (χ1n) is 15.3. The van der Waals surface area contributed by atoms with Crippen LogP contribution >= 0.6 is 0 Å². The van der Waals surface area contributed by atoms with Gasteiger partial charge < -0.3 is 19.7 Å². The molecule has 1 aliphatic rings. The number of anilines is 2. The molecule has 1 N–H and O–H groups in total.